The van der Waals surface area contributed by atoms with Gasteiger partial charge in [0.05, 0.1) is 0 Å². The number of rotatable bonds is 10. The fourth-order valence-corrected chi connectivity index (χ4v) is 3.26. The highest BCUT2D eigenvalue weighted by atomic mass is 127. The van der Waals surface area contributed by atoms with Crippen molar-refractivity contribution in [2.45, 2.75) is 58.3 Å². The van der Waals surface area contributed by atoms with E-state index in [0.29, 0.717) is 11.9 Å². The number of halogens is 1. The second-order valence-electron chi connectivity index (χ2n) is 6.92. The van der Waals surface area contributed by atoms with Crippen LogP contribution in [0.2, 0.25) is 0 Å². The number of anilines is 1. The number of nitrogens with two attached hydrogens (primary N) is 1. The minimum Gasteiger partial charge on any atom is -0.370 e. The third-order valence-corrected chi connectivity index (χ3v) is 4.71. The van der Waals surface area contributed by atoms with Crippen LogP contribution >= 0.6 is 24.0 Å². The largest absolute Gasteiger partial charge is 0.370 e. The van der Waals surface area contributed by atoms with Crippen LogP contribution in [0.25, 0.3) is 0 Å². The first-order valence-corrected chi connectivity index (χ1v) is 9.85. The SMILES string of the molecule is CCCCCCCCNC(N)=NCC1CCCN(c2ncccn2)C1.I. The molecule has 0 radical (unpaired) electrons. The number of unbranched alkanes of at least 4 members (excludes halogenated alkanes) is 5. The second kappa shape index (κ2) is 14.0. The molecule has 0 saturated carbocycles. The Labute approximate surface area is 175 Å². The number of hydrogen-bond acceptors (Lipinski definition) is 4. The maximum atomic E-state index is 6.00. The van der Waals surface area contributed by atoms with Crippen LogP contribution < -0.4 is 16.0 Å². The van der Waals surface area contributed by atoms with Gasteiger partial charge in [0.2, 0.25) is 5.95 Å². The zero-order chi connectivity index (χ0) is 17.7. The number of nitrogens with zero attached hydrogens (tertiary/aromatic N) is 4. The minimum absolute atomic E-state index is 0. The average Bonchev–Trinajstić information content (AvgIpc) is 2.66. The maximum absolute atomic E-state index is 6.00. The number of guanidine groups is 1. The molecule has 0 bridgehead atoms. The predicted molar refractivity (Wildman–Crippen MR) is 120 cm³/mol. The first kappa shape index (κ1) is 22.9. The van der Waals surface area contributed by atoms with E-state index in [2.05, 4.69) is 32.1 Å². The quantitative estimate of drug-likeness (QED) is 0.235. The summed E-state index contributed by atoms with van der Waals surface area (Å²) in [6.07, 6.45) is 13.7. The topological polar surface area (TPSA) is 79.4 Å². The Morgan fingerprint density at radius 2 is 1.96 bits per heavy atom. The van der Waals surface area contributed by atoms with E-state index >= 15 is 0 Å². The predicted octanol–water partition coefficient (Wildman–Crippen LogP) is 3.58. The molecule has 1 fully saturated rings. The Kier molecular flexibility index (Phi) is 12.3. The summed E-state index contributed by atoms with van der Waals surface area (Å²) in [5.41, 5.74) is 6.00. The van der Waals surface area contributed by atoms with E-state index in [1.165, 1.54) is 44.9 Å². The Morgan fingerprint density at radius 1 is 1.23 bits per heavy atom. The molecule has 0 aliphatic carbocycles. The summed E-state index contributed by atoms with van der Waals surface area (Å²) in [6.45, 7) is 5.93. The van der Waals surface area contributed by atoms with E-state index in [1.807, 2.05) is 6.07 Å². The molecule has 6 nitrogen and oxygen atoms in total. The van der Waals surface area contributed by atoms with Gasteiger partial charge in [-0.05, 0) is 31.2 Å². The molecule has 1 atom stereocenters. The fraction of sp³-hybridized carbons (Fsp3) is 0.737. The Balaban J connectivity index is 0.00000338. The summed E-state index contributed by atoms with van der Waals surface area (Å²) >= 11 is 0. The van der Waals surface area contributed by atoms with E-state index in [4.69, 9.17) is 5.73 Å². The highest BCUT2D eigenvalue weighted by Gasteiger charge is 2.21. The van der Waals surface area contributed by atoms with Gasteiger partial charge in [0.1, 0.15) is 0 Å². The average molecular weight is 474 g/mol. The first-order chi connectivity index (χ1) is 12.3. The summed E-state index contributed by atoms with van der Waals surface area (Å²) in [5, 5.41) is 3.25. The lowest BCUT2D eigenvalue weighted by Crippen LogP contribution is -2.38. The summed E-state index contributed by atoms with van der Waals surface area (Å²) in [5.74, 6) is 1.93. The summed E-state index contributed by atoms with van der Waals surface area (Å²) < 4.78 is 0. The van der Waals surface area contributed by atoms with Crippen LogP contribution in [0, 0.1) is 5.92 Å². The van der Waals surface area contributed by atoms with E-state index in [0.717, 1.165) is 38.5 Å². The van der Waals surface area contributed by atoms with Gasteiger partial charge in [0, 0.05) is 38.6 Å². The molecule has 2 heterocycles. The number of nitrogens with one attached hydrogen (secondary N) is 1. The molecule has 148 valence electrons. The van der Waals surface area contributed by atoms with Gasteiger partial charge in [-0.3, -0.25) is 4.99 Å². The normalized spacial score (nSPS) is 17.7. The van der Waals surface area contributed by atoms with Crippen molar-refractivity contribution in [2.75, 3.05) is 31.1 Å². The van der Waals surface area contributed by atoms with Crippen molar-refractivity contribution in [3.63, 3.8) is 0 Å². The van der Waals surface area contributed by atoms with Crippen LogP contribution in [0.3, 0.4) is 0 Å². The number of piperidine rings is 1. The van der Waals surface area contributed by atoms with Crippen LogP contribution in [-0.4, -0.2) is 42.1 Å². The molecule has 0 spiro atoms. The summed E-state index contributed by atoms with van der Waals surface area (Å²) in [7, 11) is 0. The molecule has 7 heteroatoms. The number of aromatic nitrogens is 2. The summed E-state index contributed by atoms with van der Waals surface area (Å²) in [6, 6.07) is 1.85. The van der Waals surface area contributed by atoms with Crippen molar-refractivity contribution in [1.82, 2.24) is 15.3 Å². The second-order valence-corrected chi connectivity index (χ2v) is 6.92. The van der Waals surface area contributed by atoms with Crippen LogP contribution in [0.4, 0.5) is 5.95 Å². The van der Waals surface area contributed by atoms with Crippen molar-refractivity contribution in [1.29, 1.82) is 0 Å². The molecule has 1 aliphatic rings. The van der Waals surface area contributed by atoms with Gasteiger partial charge in [-0.15, -0.1) is 24.0 Å². The van der Waals surface area contributed by atoms with Gasteiger partial charge in [-0.2, -0.15) is 0 Å². The lowest BCUT2D eigenvalue weighted by molar-refractivity contribution is 0.419. The lowest BCUT2D eigenvalue weighted by Gasteiger charge is -2.31. The molecule has 1 saturated heterocycles. The van der Waals surface area contributed by atoms with Crippen molar-refractivity contribution in [3.8, 4) is 0 Å². The molecule has 0 aromatic carbocycles. The highest BCUT2D eigenvalue weighted by Crippen LogP contribution is 2.20. The number of hydrogen-bond donors (Lipinski definition) is 2. The van der Waals surface area contributed by atoms with Crippen molar-refractivity contribution in [3.05, 3.63) is 18.5 Å². The zero-order valence-corrected chi connectivity index (χ0v) is 18.4. The number of aliphatic imine (C=N–C) groups is 1. The van der Waals surface area contributed by atoms with E-state index in [1.54, 1.807) is 12.4 Å². The summed E-state index contributed by atoms with van der Waals surface area (Å²) in [4.78, 5) is 15.5. The molecule has 3 N–H and O–H groups in total. The molecule has 1 aromatic rings. The van der Waals surface area contributed by atoms with Crippen molar-refractivity contribution < 1.29 is 0 Å². The minimum atomic E-state index is 0. The van der Waals surface area contributed by atoms with E-state index in [-0.39, 0.29) is 24.0 Å². The van der Waals surface area contributed by atoms with E-state index < -0.39 is 0 Å². The fourth-order valence-electron chi connectivity index (χ4n) is 3.26. The smallest absolute Gasteiger partial charge is 0.225 e. The third kappa shape index (κ3) is 9.00. The van der Waals surface area contributed by atoms with Crippen LogP contribution in [-0.2, 0) is 0 Å². The van der Waals surface area contributed by atoms with E-state index in [9.17, 15) is 0 Å². The maximum Gasteiger partial charge on any atom is 0.225 e. The molecule has 26 heavy (non-hydrogen) atoms. The van der Waals surface area contributed by atoms with Crippen molar-refractivity contribution in [2.24, 2.45) is 16.6 Å². The Bertz CT molecular complexity index is 496. The molecular weight excluding hydrogens is 439 g/mol. The van der Waals surface area contributed by atoms with Gasteiger partial charge in [0.25, 0.3) is 0 Å². The molecule has 1 aromatic heterocycles. The van der Waals surface area contributed by atoms with Crippen LogP contribution in [0.15, 0.2) is 23.5 Å². The van der Waals surface area contributed by atoms with Crippen molar-refractivity contribution >= 4 is 35.9 Å². The monoisotopic (exact) mass is 474 g/mol. The molecule has 2 rings (SSSR count). The van der Waals surface area contributed by atoms with Gasteiger partial charge in [-0.1, -0.05) is 39.0 Å². The zero-order valence-electron chi connectivity index (χ0n) is 16.1. The van der Waals surface area contributed by atoms with Gasteiger partial charge < -0.3 is 16.0 Å². The lowest BCUT2D eigenvalue weighted by atomic mass is 9.98. The molecule has 0 amide bonds. The molecule has 1 unspecified atom stereocenters. The standard InChI is InChI=1S/C19H34N6.HI/c1-2-3-4-5-6-7-11-21-18(20)24-15-17-10-8-14-25(16-17)19-22-12-9-13-23-19;/h9,12-13,17H,2-8,10-11,14-16H2,1H3,(H3,20,21,24);1H. The first-order valence-electron chi connectivity index (χ1n) is 9.85. The van der Waals surface area contributed by atoms with Gasteiger partial charge in [-0.25, -0.2) is 9.97 Å². The van der Waals surface area contributed by atoms with Crippen LogP contribution in [0.1, 0.15) is 58.3 Å². The van der Waals surface area contributed by atoms with Gasteiger partial charge >= 0.3 is 0 Å². The van der Waals surface area contributed by atoms with Crippen LogP contribution in [0.5, 0.6) is 0 Å². The Morgan fingerprint density at radius 3 is 2.73 bits per heavy atom. The molecular formula is C19H35IN6. The third-order valence-electron chi connectivity index (χ3n) is 4.71. The van der Waals surface area contributed by atoms with Gasteiger partial charge in [0.15, 0.2) is 5.96 Å². The highest BCUT2D eigenvalue weighted by molar-refractivity contribution is 14.0. The molecule has 1 aliphatic heterocycles. The Hall–Kier alpha value is -1.12.